The third kappa shape index (κ3) is 6.01. The second kappa shape index (κ2) is 10.5. The van der Waals surface area contributed by atoms with Crippen LogP contribution in [-0.4, -0.2) is 76.6 Å². The number of rotatable bonds is 8. The zero-order valence-corrected chi connectivity index (χ0v) is 20.7. The third-order valence-corrected chi connectivity index (χ3v) is 7.55. The number of esters is 1. The lowest BCUT2D eigenvalue weighted by Gasteiger charge is -2.31. The van der Waals surface area contributed by atoms with Gasteiger partial charge in [0.1, 0.15) is 5.54 Å². The maximum Gasteiger partial charge on any atom is 0.341 e. The predicted molar refractivity (Wildman–Crippen MR) is 122 cm³/mol. The molecule has 1 saturated heterocycles. The van der Waals surface area contributed by atoms with Gasteiger partial charge in [0.15, 0.2) is 6.10 Å². The lowest BCUT2D eigenvalue weighted by Crippen LogP contribution is -2.52. The number of nitriles is 1. The molecule has 2 unspecified atom stereocenters. The van der Waals surface area contributed by atoms with E-state index < -0.39 is 33.5 Å². The summed E-state index contributed by atoms with van der Waals surface area (Å²) in [5.41, 5.74) is -0.597. The first-order valence-corrected chi connectivity index (χ1v) is 12.1. The first-order valence-electron chi connectivity index (χ1n) is 10.7. The van der Waals surface area contributed by atoms with Crippen molar-refractivity contribution in [3.63, 3.8) is 0 Å². The van der Waals surface area contributed by atoms with E-state index in [9.17, 15) is 23.3 Å². The highest BCUT2D eigenvalue weighted by Gasteiger charge is 2.33. The van der Waals surface area contributed by atoms with Crippen molar-refractivity contribution < 1.29 is 27.5 Å². The highest BCUT2D eigenvalue weighted by molar-refractivity contribution is 7.89. The lowest BCUT2D eigenvalue weighted by atomic mass is 9.90. The first kappa shape index (κ1) is 26.6. The number of amides is 1. The van der Waals surface area contributed by atoms with Crippen molar-refractivity contribution in [2.24, 2.45) is 5.92 Å². The van der Waals surface area contributed by atoms with Gasteiger partial charge in [0, 0.05) is 27.2 Å². The molecule has 1 heterocycles. The van der Waals surface area contributed by atoms with E-state index >= 15 is 0 Å². The maximum atomic E-state index is 13.1. The molecule has 1 fully saturated rings. The van der Waals surface area contributed by atoms with Crippen molar-refractivity contribution >= 4 is 27.6 Å². The molecule has 11 heteroatoms. The van der Waals surface area contributed by atoms with Crippen LogP contribution in [0.15, 0.2) is 23.1 Å². The molecule has 10 nitrogen and oxygen atoms in total. The SMILES string of the molecule is CC(OC(=O)c1cc(S(=O)(=O)N(C)C)ccc1N1CCOCC1)C(=O)NC(C)(C#N)C(C)C. The van der Waals surface area contributed by atoms with E-state index in [1.807, 2.05) is 4.90 Å². The van der Waals surface area contributed by atoms with Crippen molar-refractivity contribution in [3.8, 4) is 6.07 Å². The minimum absolute atomic E-state index is 0.0337. The average Bonchev–Trinajstić information content (AvgIpc) is 2.78. The number of carbonyl (C=O) groups excluding carboxylic acids is 2. The average molecular weight is 481 g/mol. The Morgan fingerprint density at radius 2 is 1.85 bits per heavy atom. The Morgan fingerprint density at radius 3 is 2.36 bits per heavy atom. The van der Waals surface area contributed by atoms with Crippen LogP contribution in [0.3, 0.4) is 0 Å². The summed E-state index contributed by atoms with van der Waals surface area (Å²) in [5.74, 6) is -1.63. The fourth-order valence-electron chi connectivity index (χ4n) is 3.07. The van der Waals surface area contributed by atoms with E-state index in [1.54, 1.807) is 26.8 Å². The van der Waals surface area contributed by atoms with Crippen LogP contribution < -0.4 is 10.2 Å². The molecule has 0 aromatic heterocycles. The van der Waals surface area contributed by atoms with Crippen molar-refractivity contribution in [2.45, 2.75) is 44.2 Å². The summed E-state index contributed by atoms with van der Waals surface area (Å²) in [6.45, 7) is 8.56. The van der Waals surface area contributed by atoms with E-state index in [1.165, 1.54) is 33.2 Å². The molecular formula is C22H32N4O6S. The van der Waals surface area contributed by atoms with Gasteiger partial charge in [0.2, 0.25) is 10.0 Å². The minimum Gasteiger partial charge on any atom is -0.449 e. The summed E-state index contributed by atoms with van der Waals surface area (Å²) in [6, 6.07) is 6.34. The molecular weight excluding hydrogens is 448 g/mol. The Morgan fingerprint density at radius 1 is 1.24 bits per heavy atom. The Balaban J connectivity index is 2.36. The topological polar surface area (TPSA) is 129 Å². The van der Waals surface area contributed by atoms with Crippen molar-refractivity contribution in [2.75, 3.05) is 45.3 Å². The molecule has 33 heavy (non-hydrogen) atoms. The van der Waals surface area contributed by atoms with Gasteiger partial charge in [-0.05, 0) is 38.0 Å². The number of nitrogens with one attached hydrogen (secondary N) is 1. The van der Waals surface area contributed by atoms with Crippen LogP contribution in [0.2, 0.25) is 0 Å². The summed E-state index contributed by atoms with van der Waals surface area (Å²) in [7, 11) is -0.996. The second-order valence-electron chi connectivity index (χ2n) is 8.57. The number of ether oxygens (including phenoxy) is 2. The Kier molecular flexibility index (Phi) is 8.46. The molecule has 1 amide bonds. The number of sulfonamides is 1. The highest BCUT2D eigenvalue weighted by atomic mass is 32.2. The monoisotopic (exact) mass is 480 g/mol. The zero-order valence-electron chi connectivity index (χ0n) is 19.9. The summed E-state index contributed by atoms with van der Waals surface area (Å²) >= 11 is 0. The fraction of sp³-hybridized carbons (Fsp3) is 0.591. The standard InChI is InChI=1S/C22H32N4O6S/c1-15(2)22(4,14-23)24-20(27)16(3)32-21(28)18-13-17(33(29,30)25(5)6)7-8-19(18)26-9-11-31-12-10-26/h7-8,13,15-16H,9-12H2,1-6H3,(H,24,27). The van der Waals surface area contributed by atoms with Crippen LogP contribution in [0.5, 0.6) is 0 Å². The van der Waals surface area contributed by atoms with Crippen molar-refractivity contribution in [1.29, 1.82) is 5.26 Å². The summed E-state index contributed by atoms with van der Waals surface area (Å²) < 4.78 is 37.1. The number of hydrogen-bond acceptors (Lipinski definition) is 8. The summed E-state index contributed by atoms with van der Waals surface area (Å²) in [4.78, 5) is 27.6. The molecule has 2 atom stereocenters. The van der Waals surface area contributed by atoms with E-state index in [2.05, 4.69) is 11.4 Å². The number of hydrogen-bond donors (Lipinski definition) is 1. The summed E-state index contributed by atoms with van der Waals surface area (Å²) in [5, 5.41) is 12.1. The molecule has 1 aliphatic rings. The number of benzene rings is 1. The predicted octanol–water partition coefficient (Wildman–Crippen LogP) is 1.37. The number of anilines is 1. The maximum absolute atomic E-state index is 13.1. The van der Waals surface area contributed by atoms with E-state index in [0.29, 0.717) is 32.0 Å². The largest absolute Gasteiger partial charge is 0.449 e. The number of nitrogens with zero attached hydrogens (tertiary/aromatic N) is 3. The minimum atomic E-state index is -3.80. The Bertz CT molecular complexity index is 1030. The molecule has 1 N–H and O–H groups in total. The molecule has 1 aliphatic heterocycles. The Labute approximate surface area is 195 Å². The molecule has 1 aromatic rings. The van der Waals surface area contributed by atoms with Crippen LogP contribution in [-0.2, 0) is 24.3 Å². The van der Waals surface area contributed by atoms with Gasteiger partial charge in [-0.15, -0.1) is 0 Å². The zero-order chi connectivity index (χ0) is 25.0. The summed E-state index contributed by atoms with van der Waals surface area (Å²) in [6.07, 6.45) is -1.20. The van der Waals surface area contributed by atoms with Gasteiger partial charge in [0.05, 0.1) is 35.4 Å². The van der Waals surface area contributed by atoms with Crippen molar-refractivity contribution in [1.82, 2.24) is 9.62 Å². The van der Waals surface area contributed by atoms with Crippen LogP contribution >= 0.6 is 0 Å². The molecule has 0 bridgehead atoms. The lowest BCUT2D eigenvalue weighted by molar-refractivity contribution is -0.130. The van der Waals surface area contributed by atoms with Gasteiger partial charge in [-0.25, -0.2) is 17.5 Å². The number of carbonyl (C=O) groups is 2. The Hall–Kier alpha value is -2.68. The van der Waals surface area contributed by atoms with E-state index in [0.717, 1.165) is 4.31 Å². The van der Waals surface area contributed by atoms with Crippen LogP contribution in [0, 0.1) is 17.2 Å². The normalized spacial score (nSPS) is 17.2. The van der Waals surface area contributed by atoms with Gasteiger partial charge in [-0.2, -0.15) is 5.26 Å². The van der Waals surface area contributed by atoms with Crippen LogP contribution in [0.25, 0.3) is 0 Å². The van der Waals surface area contributed by atoms with Gasteiger partial charge >= 0.3 is 5.97 Å². The van der Waals surface area contributed by atoms with E-state index in [4.69, 9.17) is 9.47 Å². The molecule has 0 spiro atoms. The van der Waals surface area contributed by atoms with Crippen LogP contribution in [0.1, 0.15) is 38.1 Å². The van der Waals surface area contributed by atoms with Crippen LogP contribution in [0.4, 0.5) is 5.69 Å². The fourth-order valence-corrected chi connectivity index (χ4v) is 3.99. The van der Waals surface area contributed by atoms with E-state index in [-0.39, 0.29) is 16.4 Å². The smallest absolute Gasteiger partial charge is 0.341 e. The van der Waals surface area contributed by atoms with Gasteiger partial charge < -0.3 is 19.7 Å². The van der Waals surface area contributed by atoms with Crippen molar-refractivity contribution in [3.05, 3.63) is 23.8 Å². The second-order valence-corrected chi connectivity index (χ2v) is 10.7. The molecule has 182 valence electrons. The quantitative estimate of drug-likeness (QED) is 0.553. The molecule has 2 rings (SSSR count). The highest BCUT2D eigenvalue weighted by Crippen LogP contribution is 2.27. The first-order chi connectivity index (χ1) is 15.3. The van der Waals surface area contributed by atoms with Gasteiger partial charge in [-0.3, -0.25) is 4.79 Å². The van der Waals surface area contributed by atoms with Gasteiger partial charge in [0.25, 0.3) is 5.91 Å². The third-order valence-electron chi connectivity index (χ3n) is 5.74. The number of morpholine rings is 1. The molecule has 0 radical (unpaired) electrons. The molecule has 1 aromatic carbocycles. The molecule has 0 aliphatic carbocycles. The van der Waals surface area contributed by atoms with Gasteiger partial charge in [-0.1, -0.05) is 13.8 Å². The molecule has 0 saturated carbocycles.